The number of fused-ring (bicyclic) bond motifs is 1. The summed E-state index contributed by atoms with van der Waals surface area (Å²) in [5.74, 6) is 1.12. The third-order valence-electron chi connectivity index (χ3n) is 3.55. The van der Waals surface area contributed by atoms with Crippen molar-refractivity contribution in [3.05, 3.63) is 42.1 Å². The number of nitrogens with one attached hydrogen (secondary N) is 4. The van der Waals surface area contributed by atoms with Gasteiger partial charge in [0.2, 0.25) is 0 Å². The van der Waals surface area contributed by atoms with Crippen molar-refractivity contribution in [2.75, 3.05) is 17.7 Å². The Morgan fingerprint density at radius 1 is 1.27 bits per heavy atom. The molecular weight excluding hydrogens is 340 g/mol. The van der Waals surface area contributed by atoms with Crippen LogP contribution in [-0.4, -0.2) is 39.5 Å². The predicted octanol–water partition coefficient (Wildman–Crippen LogP) is 2.38. The number of benzene rings is 1. The molecule has 10 nitrogen and oxygen atoms in total. The van der Waals surface area contributed by atoms with Gasteiger partial charge in [-0.1, -0.05) is 18.2 Å². The van der Waals surface area contributed by atoms with Gasteiger partial charge >= 0.3 is 12.1 Å². The van der Waals surface area contributed by atoms with Crippen LogP contribution in [0.25, 0.3) is 10.9 Å². The van der Waals surface area contributed by atoms with E-state index in [0.717, 1.165) is 5.56 Å². The number of ether oxygens (including phenoxy) is 1. The van der Waals surface area contributed by atoms with Crippen molar-refractivity contribution in [3.63, 3.8) is 0 Å². The van der Waals surface area contributed by atoms with Crippen LogP contribution < -0.4 is 20.7 Å². The number of carbonyl (C=O) groups excluding carboxylic acids is 1. The molecule has 0 unspecified atom stereocenters. The molecule has 3 amide bonds. The van der Waals surface area contributed by atoms with Crippen LogP contribution in [0.5, 0.6) is 5.75 Å². The molecule has 0 aliphatic rings. The summed E-state index contributed by atoms with van der Waals surface area (Å²) in [6.07, 6.45) is 0.191. The quantitative estimate of drug-likeness (QED) is 0.475. The minimum atomic E-state index is -1.23. The Morgan fingerprint density at radius 3 is 2.85 bits per heavy atom. The van der Waals surface area contributed by atoms with Gasteiger partial charge in [-0.15, -0.1) is 0 Å². The molecular formula is C16H16N6O4. The second-order valence-corrected chi connectivity index (χ2v) is 5.24. The van der Waals surface area contributed by atoms with E-state index in [0.29, 0.717) is 22.5 Å². The number of H-pyrrole nitrogens is 1. The van der Waals surface area contributed by atoms with E-state index in [1.54, 1.807) is 13.2 Å². The zero-order chi connectivity index (χ0) is 18.5. The largest absolute Gasteiger partial charge is 0.496 e. The molecule has 0 atom stereocenters. The number of nitrogens with zero attached hydrogens (tertiary/aromatic N) is 2. The monoisotopic (exact) mass is 356 g/mol. The van der Waals surface area contributed by atoms with Gasteiger partial charge in [0, 0.05) is 24.4 Å². The van der Waals surface area contributed by atoms with E-state index in [-0.39, 0.29) is 12.4 Å². The zero-order valence-electron chi connectivity index (χ0n) is 13.7. The highest BCUT2D eigenvalue weighted by atomic mass is 16.5. The molecule has 2 aromatic heterocycles. The van der Waals surface area contributed by atoms with E-state index in [9.17, 15) is 9.59 Å². The van der Waals surface area contributed by atoms with Gasteiger partial charge < -0.3 is 15.2 Å². The van der Waals surface area contributed by atoms with Crippen LogP contribution in [0.2, 0.25) is 0 Å². The molecule has 26 heavy (non-hydrogen) atoms. The summed E-state index contributed by atoms with van der Waals surface area (Å²) in [7, 11) is 1.57. The predicted molar refractivity (Wildman–Crippen MR) is 94.4 cm³/mol. The summed E-state index contributed by atoms with van der Waals surface area (Å²) in [4.78, 5) is 26.8. The maximum absolute atomic E-state index is 12.1. The summed E-state index contributed by atoms with van der Waals surface area (Å²) in [6, 6.07) is 8.48. The first-order chi connectivity index (χ1) is 12.6. The normalized spacial score (nSPS) is 10.3. The molecule has 0 aliphatic heterocycles. The molecule has 134 valence electrons. The lowest BCUT2D eigenvalue weighted by atomic mass is 10.2. The number of methoxy groups -OCH3 is 1. The molecule has 0 saturated heterocycles. The lowest BCUT2D eigenvalue weighted by molar-refractivity contribution is 0.209. The highest BCUT2D eigenvalue weighted by Gasteiger charge is 2.11. The zero-order valence-corrected chi connectivity index (χ0v) is 13.7. The van der Waals surface area contributed by atoms with Crippen LogP contribution >= 0.6 is 0 Å². The van der Waals surface area contributed by atoms with Gasteiger partial charge in [-0.25, -0.2) is 14.6 Å². The van der Waals surface area contributed by atoms with Gasteiger partial charge in [0.05, 0.1) is 18.0 Å². The van der Waals surface area contributed by atoms with Gasteiger partial charge in [0.1, 0.15) is 11.6 Å². The number of para-hydroxylation sites is 1. The third kappa shape index (κ3) is 3.80. The van der Waals surface area contributed by atoms with Crippen LogP contribution in [0.15, 0.2) is 36.5 Å². The van der Waals surface area contributed by atoms with Crippen molar-refractivity contribution in [2.45, 2.75) is 6.54 Å². The number of aromatic nitrogens is 3. The van der Waals surface area contributed by atoms with Gasteiger partial charge in [-0.2, -0.15) is 5.10 Å². The summed E-state index contributed by atoms with van der Waals surface area (Å²) >= 11 is 0. The van der Waals surface area contributed by atoms with E-state index >= 15 is 0 Å². The Bertz CT molecular complexity index is 955. The van der Waals surface area contributed by atoms with Crippen molar-refractivity contribution >= 4 is 34.7 Å². The fourth-order valence-corrected chi connectivity index (χ4v) is 2.36. The maximum Gasteiger partial charge on any atom is 0.410 e. The van der Waals surface area contributed by atoms with Crippen molar-refractivity contribution in [2.24, 2.45) is 0 Å². The molecule has 3 aromatic rings. The standard InChI is InChI=1S/C16H16N6O4/c1-26-12-5-3-2-4-9(12)7-18-15(23)19-13-6-11-10(8-17-13)14(22-21-11)20-16(24)25/h2-6,8H,7H2,1H3,(H,24,25)(H2,20,21,22)(H2,17,18,19,23). The van der Waals surface area contributed by atoms with E-state index in [1.165, 1.54) is 6.20 Å². The molecule has 0 radical (unpaired) electrons. The summed E-state index contributed by atoms with van der Waals surface area (Å²) in [5, 5.41) is 23.3. The highest BCUT2D eigenvalue weighted by Crippen LogP contribution is 2.21. The number of pyridine rings is 1. The second kappa shape index (κ2) is 7.38. The van der Waals surface area contributed by atoms with Gasteiger partial charge in [0.25, 0.3) is 0 Å². The average Bonchev–Trinajstić information content (AvgIpc) is 3.01. The number of rotatable bonds is 5. The molecule has 3 rings (SSSR count). The van der Waals surface area contributed by atoms with Crippen LogP contribution in [0.4, 0.5) is 21.2 Å². The van der Waals surface area contributed by atoms with E-state index in [4.69, 9.17) is 9.84 Å². The molecule has 1 aromatic carbocycles. The molecule has 2 heterocycles. The molecule has 0 aliphatic carbocycles. The van der Waals surface area contributed by atoms with Gasteiger partial charge in [-0.3, -0.25) is 15.7 Å². The fraction of sp³-hybridized carbons (Fsp3) is 0.125. The second-order valence-electron chi connectivity index (χ2n) is 5.24. The first kappa shape index (κ1) is 17.0. The van der Waals surface area contributed by atoms with E-state index in [2.05, 4.69) is 31.1 Å². The number of anilines is 2. The van der Waals surface area contributed by atoms with Crippen molar-refractivity contribution in [1.82, 2.24) is 20.5 Å². The Kier molecular flexibility index (Phi) is 4.83. The summed E-state index contributed by atoms with van der Waals surface area (Å²) in [6.45, 7) is 0.287. The topological polar surface area (TPSA) is 141 Å². The van der Waals surface area contributed by atoms with Crippen LogP contribution in [-0.2, 0) is 6.54 Å². The number of hydrogen-bond donors (Lipinski definition) is 5. The Hall–Kier alpha value is -3.82. The number of hydrogen-bond acceptors (Lipinski definition) is 5. The van der Waals surface area contributed by atoms with Crippen molar-refractivity contribution in [1.29, 1.82) is 0 Å². The number of aromatic amines is 1. The molecule has 0 fully saturated rings. The van der Waals surface area contributed by atoms with Crippen molar-refractivity contribution in [3.8, 4) is 5.75 Å². The number of carboxylic acid groups (broad SMARTS) is 1. The van der Waals surface area contributed by atoms with E-state index < -0.39 is 12.1 Å². The van der Waals surface area contributed by atoms with Crippen LogP contribution in [0, 0.1) is 0 Å². The first-order valence-electron chi connectivity index (χ1n) is 7.57. The lowest BCUT2D eigenvalue weighted by Crippen LogP contribution is -2.28. The molecule has 0 bridgehead atoms. The van der Waals surface area contributed by atoms with E-state index in [1.807, 2.05) is 24.3 Å². The molecule has 10 heteroatoms. The highest BCUT2D eigenvalue weighted by molar-refractivity contribution is 5.98. The van der Waals surface area contributed by atoms with Gasteiger partial charge in [-0.05, 0) is 6.07 Å². The summed E-state index contributed by atoms with van der Waals surface area (Å²) < 4.78 is 5.23. The molecule has 5 N–H and O–H groups in total. The number of amides is 3. The van der Waals surface area contributed by atoms with Crippen LogP contribution in [0.1, 0.15) is 5.56 Å². The van der Waals surface area contributed by atoms with Gasteiger partial charge in [0.15, 0.2) is 5.82 Å². The molecule has 0 spiro atoms. The number of carbonyl (C=O) groups is 2. The van der Waals surface area contributed by atoms with Crippen molar-refractivity contribution < 1.29 is 19.4 Å². The average molecular weight is 356 g/mol. The SMILES string of the molecule is COc1ccccc1CNC(=O)Nc1cc2[nH]nc(NC(=O)O)c2cn1. The Morgan fingerprint density at radius 2 is 2.08 bits per heavy atom. The smallest absolute Gasteiger partial charge is 0.410 e. The number of urea groups is 1. The summed E-state index contributed by atoms with van der Waals surface area (Å²) in [5.41, 5.74) is 1.37. The minimum absolute atomic E-state index is 0.146. The molecule has 0 saturated carbocycles. The Labute approximate surface area is 147 Å². The fourth-order valence-electron chi connectivity index (χ4n) is 2.36. The lowest BCUT2D eigenvalue weighted by Gasteiger charge is -2.10. The Balaban J connectivity index is 1.65. The minimum Gasteiger partial charge on any atom is -0.496 e. The maximum atomic E-state index is 12.1. The third-order valence-corrected chi connectivity index (χ3v) is 3.55. The van der Waals surface area contributed by atoms with Crippen LogP contribution in [0.3, 0.4) is 0 Å². The first-order valence-corrected chi connectivity index (χ1v) is 7.57.